The first-order chi connectivity index (χ1) is 8.45. The van der Waals surface area contributed by atoms with Crippen LogP contribution in [-0.2, 0) is 10.0 Å². The second-order valence-corrected chi connectivity index (χ2v) is 6.11. The maximum absolute atomic E-state index is 11.8. The summed E-state index contributed by atoms with van der Waals surface area (Å²) in [6.45, 7) is 0.199. The summed E-state index contributed by atoms with van der Waals surface area (Å²) in [5.41, 5.74) is 5.26. The molecular formula is C9H13BrN4O3S. The van der Waals surface area contributed by atoms with Crippen LogP contribution in [0.2, 0.25) is 0 Å². The molecule has 0 saturated carbocycles. The summed E-state index contributed by atoms with van der Waals surface area (Å²) in [6.07, 6.45) is 3.51. The first-order valence-corrected chi connectivity index (χ1v) is 7.30. The van der Waals surface area contributed by atoms with Crippen molar-refractivity contribution in [2.75, 3.05) is 6.54 Å². The summed E-state index contributed by atoms with van der Waals surface area (Å²) in [5.74, 6) is 0.0679. The lowest BCUT2D eigenvalue weighted by atomic mass is 10.3. The van der Waals surface area contributed by atoms with Gasteiger partial charge < -0.3 is 10.9 Å². The van der Waals surface area contributed by atoms with Crippen LogP contribution in [0.5, 0.6) is 0 Å². The zero-order valence-corrected chi connectivity index (χ0v) is 11.8. The molecule has 100 valence electrons. The van der Waals surface area contributed by atoms with E-state index in [9.17, 15) is 8.42 Å². The second kappa shape index (κ2) is 6.66. The van der Waals surface area contributed by atoms with E-state index in [4.69, 9.17) is 10.9 Å². The molecule has 0 amide bonds. The topological polar surface area (TPSA) is 118 Å². The van der Waals surface area contributed by atoms with Gasteiger partial charge in [0.05, 0.1) is 0 Å². The van der Waals surface area contributed by atoms with Gasteiger partial charge in [0, 0.05) is 29.8 Å². The third kappa shape index (κ3) is 4.59. The highest BCUT2D eigenvalue weighted by atomic mass is 79.9. The van der Waals surface area contributed by atoms with Crippen molar-refractivity contribution < 1.29 is 13.6 Å². The highest BCUT2D eigenvalue weighted by Gasteiger charge is 2.13. The van der Waals surface area contributed by atoms with Crippen LogP contribution < -0.4 is 10.5 Å². The molecule has 0 unspecified atom stereocenters. The summed E-state index contributed by atoms with van der Waals surface area (Å²) < 4.78 is 26.6. The van der Waals surface area contributed by atoms with Crippen molar-refractivity contribution in [3.05, 3.63) is 22.9 Å². The Balaban J connectivity index is 2.56. The van der Waals surface area contributed by atoms with Crippen LogP contribution in [0.4, 0.5) is 0 Å². The van der Waals surface area contributed by atoms with E-state index in [-0.39, 0.29) is 17.3 Å². The van der Waals surface area contributed by atoms with Crippen molar-refractivity contribution in [1.82, 2.24) is 9.71 Å². The van der Waals surface area contributed by atoms with Crippen molar-refractivity contribution in [3.63, 3.8) is 0 Å². The van der Waals surface area contributed by atoms with E-state index < -0.39 is 10.0 Å². The summed E-state index contributed by atoms with van der Waals surface area (Å²) in [6, 6.07) is 1.46. The van der Waals surface area contributed by atoms with Gasteiger partial charge in [-0.15, -0.1) is 0 Å². The number of nitrogens with zero attached hydrogens (tertiary/aromatic N) is 2. The standard InChI is InChI=1S/C9H13BrN4O3S/c10-7-4-8(6-12-5-7)18(16,17)13-3-1-2-9(11)14-15/h4-6,13,15H,1-3H2,(H2,11,14). The molecular weight excluding hydrogens is 324 g/mol. The molecule has 0 spiro atoms. The third-order valence-corrected chi connectivity index (χ3v) is 3.88. The molecule has 1 rings (SSSR count). The van der Waals surface area contributed by atoms with E-state index >= 15 is 0 Å². The molecule has 18 heavy (non-hydrogen) atoms. The molecule has 0 aliphatic rings. The monoisotopic (exact) mass is 336 g/mol. The number of nitrogens with two attached hydrogens (primary N) is 1. The molecule has 9 heteroatoms. The van der Waals surface area contributed by atoms with Crippen molar-refractivity contribution in [3.8, 4) is 0 Å². The molecule has 4 N–H and O–H groups in total. The molecule has 1 aromatic heterocycles. The zero-order valence-electron chi connectivity index (χ0n) is 9.38. The molecule has 0 radical (unpaired) electrons. The number of oxime groups is 1. The number of hydrogen-bond acceptors (Lipinski definition) is 5. The predicted molar refractivity (Wildman–Crippen MR) is 69.8 cm³/mol. The van der Waals surface area contributed by atoms with Crippen LogP contribution in [0.25, 0.3) is 0 Å². The minimum atomic E-state index is -3.57. The molecule has 0 aliphatic heterocycles. The van der Waals surface area contributed by atoms with Crippen molar-refractivity contribution >= 4 is 31.8 Å². The van der Waals surface area contributed by atoms with Gasteiger partial charge in [0.2, 0.25) is 10.0 Å². The maximum atomic E-state index is 11.8. The Morgan fingerprint density at radius 3 is 2.89 bits per heavy atom. The van der Waals surface area contributed by atoms with Crippen LogP contribution in [0.1, 0.15) is 12.8 Å². The fourth-order valence-electron chi connectivity index (χ4n) is 1.15. The van der Waals surface area contributed by atoms with E-state index in [0.717, 1.165) is 0 Å². The van der Waals surface area contributed by atoms with Gasteiger partial charge in [0.15, 0.2) is 0 Å². The van der Waals surface area contributed by atoms with E-state index in [2.05, 4.69) is 30.8 Å². The first kappa shape index (κ1) is 14.9. The fraction of sp³-hybridized carbons (Fsp3) is 0.333. The zero-order chi connectivity index (χ0) is 13.6. The minimum Gasteiger partial charge on any atom is -0.409 e. The number of hydrogen-bond donors (Lipinski definition) is 3. The Kier molecular flexibility index (Phi) is 5.51. The number of aromatic nitrogens is 1. The van der Waals surface area contributed by atoms with E-state index in [1.54, 1.807) is 0 Å². The number of halogens is 1. The number of rotatable bonds is 6. The molecule has 7 nitrogen and oxygen atoms in total. The fourth-order valence-corrected chi connectivity index (χ4v) is 2.73. The van der Waals surface area contributed by atoms with E-state index in [1.807, 2.05) is 0 Å². The molecule has 0 atom stereocenters. The highest BCUT2D eigenvalue weighted by molar-refractivity contribution is 9.10. The first-order valence-electron chi connectivity index (χ1n) is 5.02. The normalized spacial score (nSPS) is 12.6. The second-order valence-electron chi connectivity index (χ2n) is 3.43. The highest BCUT2D eigenvalue weighted by Crippen LogP contribution is 2.13. The average molecular weight is 337 g/mol. The number of sulfonamides is 1. The third-order valence-electron chi connectivity index (χ3n) is 2.02. The average Bonchev–Trinajstić information content (AvgIpc) is 2.34. The smallest absolute Gasteiger partial charge is 0.242 e. The Hall–Kier alpha value is -1.19. The van der Waals surface area contributed by atoms with Crippen LogP contribution >= 0.6 is 15.9 Å². The van der Waals surface area contributed by atoms with Crippen LogP contribution in [0.15, 0.2) is 33.0 Å². The van der Waals surface area contributed by atoms with Gasteiger partial charge in [0.25, 0.3) is 0 Å². The van der Waals surface area contributed by atoms with Gasteiger partial charge in [-0.05, 0) is 28.4 Å². The molecule has 0 fully saturated rings. The summed E-state index contributed by atoms with van der Waals surface area (Å²) in [5, 5.41) is 11.1. The lowest BCUT2D eigenvalue weighted by Gasteiger charge is -2.06. The van der Waals surface area contributed by atoms with Crippen molar-refractivity contribution in [2.24, 2.45) is 10.9 Å². The lowest BCUT2D eigenvalue weighted by Crippen LogP contribution is -2.26. The molecule has 0 aromatic carbocycles. The largest absolute Gasteiger partial charge is 0.409 e. The van der Waals surface area contributed by atoms with Gasteiger partial charge in [-0.3, -0.25) is 4.98 Å². The Morgan fingerprint density at radius 1 is 1.56 bits per heavy atom. The van der Waals surface area contributed by atoms with Crippen LogP contribution in [-0.4, -0.2) is 31.0 Å². The van der Waals surface area contributed by atoms with Gasteiger partial charge >= 0.3 is 0 Å². The quantitative estimate of drug-likeness (QED) is 0.232. The van der Waals surface area contributed by atoms with Crippen molar-refractivity contribution in [2.45, 2.75) is 17.7 Å². The van der Waals surface area contributed by atoms with Gasteiger partial charge in [0.1, 0.15) is 10.7 Å². The summed E-state index contributed by atoms with van der Waals surface area (Å²) >= 11 is 3.15. The number of amidine groups is 1. The van der Waals surface area contributed by atoms with Gasteiger partial charge in [-0.2, -0.15) is 0 Å². The summed E-state index contributed by atoms with van der Waals surface area (Å²) in [4.78, 5) is 3.87. The Morgan fingerprint density at radius 2 is 2.28 bits per heavy atom. The predicted octanol–water partition coefficient (Wildman–Crippen LogP) is 0.649. The SMILES string of the molecule is NC(CCCNS(=O)(=O)c1cncc(Br)c1)=NO. The Bertz CT molecular complexity index is 532. The van der Waals surface area contributed by atoms with E-state index in [1.165, 1.54) is 18.5 Å². The van der Waals surface area contributed by atoms with Gasteiger partial charge in [-0.25, -0.2) is 13.1 Å². The van der Waals surface area contributed by atoms with E-state index in [0.29, 0.717) is 17.3 Å². The number of nitrogens with one attached hydrogen (secondary N) is 1. The van der Waals surface area contributed by atoms with Crippen LogP contribution in [0, 0.1) is 0 Å². The molecule has 0 bridgehead atoms. The minimum absolute atomic E-state index is 0.0679. The lowest BCUT2D eigenvalue weighted by molar-refractivity contribution is 0.316. The Labute approximate surface area is 113 Å². The number of pyridine rings is 1. The van der Waals surface area contributed by atoms with Crippen molar-refractivity contribution in [1.29, 1.82) is 0 Å². The molecule has 1 heterocycles. The maximum Gasteiger partial charge on any atom is 0.242 e. The molecule has 0 saturated heterocycles. The summed E-state index contributed by atoms with van der Waals surface area (Å²) in [7, 11) is -3.57. The molecule has 1 aromatic rings. The van der Waals surface area contributed by atoms with Crippen LogP contribution in [0.3, 0.4) is 0 Å². The molecule has 0 aliphatic carbocycles. The van der Waals surface area contributed by atoms with Gasteiger partial charge in [-0.1, -0.05) is 5.16 Å².